The molecule has 10 aromatic heterocycles. The van der Waals surface area contributed by atoms with Crippen LogP contribution < -0.4 is 0 Å². The molecular formula is C105H81Br3N20. The molecular weight excluding hydrogens is 1780 g/mol. The predicted molar refractivity (Wildman–Crippen MR) is 519 cm³/mol. The van der Waals surface area contributed by atoms with Crippen LogP contribution in [0.3, 0.4) is 0 Å². The molecule has 0 bridgehead atoms. The second-order valence-electron chi connectivity index (χ2n) is 29.7. The third kappa shape index (κ3) is 19.6. The zero-order valence-corrected chi connectivity index (χ0v) is 74.7. The lowest BCUT2D eigenvalue weighted by Crippen LogP contribution is -2.02. The summed E-state index contributed by atoms with van der Waals surface area (Å²) >= 11 is 10.5. The third-order valence-electron chi connectivity index (χ3n) is 21.2. The summed E-state index contributed by atoms with van der Waals surface area (Å²) in [5, 5.41) is 45.8. The number of nitrogens with zero attached hydrogens (tertiary/aromatic N) is 20. The van der Waals surface area contributed by atoms with E-state index in [0.29, 0.717) is 11.7 Å². The summed E-state index contributed by atoms with van der Waals surface area (Å²) in [6.45, 7) is 8.62. The van der Waals surface area contributed by atoms with Crippen molar-refractivity contribution in [1.29, 1.82) is 0 Å². The van der Waals surface area contributed by atoms with Crippen LogP contribution in [-0.4, -0.2) is 98.7 Å². The lowest BCUT2D eigenvalue weighted by atomic mass is 9.98. The molecule has 11 aromatic carbocycles. The Bertz CT molecular complexity index is 6770. The number of halogens is 3. The summed E-state index contributed by atoms with van der Waals surface area (Å²) < 4.78 is 13.4. The van der Waals surface area contributed by atoms with E-state index >= 15 is 0 Å². The molecule has 21 rings (SSSR count). The van der Waals surface area contributed by atoms with Gasteiger partial charge in [-0.05, 0) is 153 Å². The maximum Gasteiger partial charge on any atom is 0.187 e. The standard InChI is InChI=1S/C24H22BrN3.C23H15BrN4.C20H16N4.C19H13BrN4.C19H15N5/c1-3-17(2)18-11-15-22(16-12-18)28-23(19-7-5-4-6-8-19)26-27-24(28)20-9-13-21(25)14-10-20;24-19-13-11-18(12-14-19)23-27-26-22(17-6-2-1-3-7-17)28(23)20-10-4-8-16-9-5-15-25-21(16)20;1-15-10-12-16(13-11-15)19-22-23-20(18-9-5-6-14-21-18)24(19)17-7-3-2-4-8-17;20-16-8-6-15(7-9-16)19-23-22-18(14-4-2-1-3-5-14)24(19)17-10-12-21-13-11-17;1-14-5-7-15(8-6-14)18-22-23-19(17-4-2-3-11-21-17)24(18)16-9-12-20-13-10-16/h4-17H,3H2,1-2H3;1-15H;2-14H,1H3;1-13H;2-13H,1H3. The van der Waals surface area contributed by atoms with E-state index in [2.05, 4.69) is 280 Å². The van der Waals surface area contributed by atoms with Crippen LogP contribution in [0.5, 0.6) is 0 Å². The molecule has 0 radical (unpaired) electrons. The lowest BCUT2D eigenvalue weighted by molar-refractivity contribution is 0.733. The van der Waals surface area contributed by atoms with E-state index < -0.39 is 0 Å². The maximum atomic E-state index is 4.64. The van der Waals surface area contributed by atoms with Crippen LogP contribution in [0.25, 0.3) is 153 Å². The van der Waals surface area contributed by atoms with Gasteiger partial charge in [0.05, 0.1) is 22.6 Å². The molecule has 0 aliphatic carbocycles. The van der Waals surface area contributed by atoms with Gasteiger partial charge in [0, 0.05) is 118 Å². The summed E-state index contributed by atoms with van der Waals surface area (Å²) in [7, 11) is 0. The van der Waals surface area contributed by atoms with Gasteiger partial charge in [0.2, 0.25) is 0 Å². The van der Waals surface area contributed by atoms with Crippen LogP contribution in [0, 0.1) is 13.8 Å². The lowest BCUT2D eigenvalue weighted by Gasteiger charge is -2.13. The Kier molecular flexibility index (Phi) is 26.8. The van der Waals surface area contributed by atoms with Crippen molar-refractivity contribution >= 4 is 58.7 Å². The second-order valence-corrected chi connectivity index (χ2v) is 32.4. The number of para-hydroxylation sites is 2. The normalized spacial score (nSPS) is 11.1. The number of hydrogen-bond donors (Lipinski definition) is 0. The quantitative estimate of drug-likeness (QED) is 0.0828. The average Bonchev–Trinajstić information content (AvgIpc) is 1.58. The van der Waals surface area contributed by atoms with E-state index in [9.17, 15) is 0 Å². The summed E-state index contributed by atoms with van der Waals surface area (Å²) in [5.74, 6) is 8.43. The number of benzene rings is 11. The first-order valence-electron chi connectivity index (χ1n) is 41.5. The number of aryl methyl sites for hydroxylation is 2. The molecule has 622 valence electrons. The molecule has 21 aromatic rings. The molecule has 1 atom stereocenters. The SMILES string of the molecule is Brc1ccc(-c2nnc(-c3ccccc3)n2-c2cccc3cccnc23)cc1.Brc1ccc(-c2nnc(-c3ccccc3)n2-c2ccncc2)cc1.CCC(C)c1ccc(-n2c(-c3ccccc3)nnc2-c2ccc(Br)cc2)cc1.Cc1ccc(-c2nnc(-c3ccccn3)n2-c2ccccc2)cc1.Cc1ccc(-c2nnc(-c3ccccn3)n2-c2ccncc2)cc1. The number of hydrogen-bond acceptors (Lipinski definition) is 15. The Balaban J connectivity index is 0.000000113. The zero-order chi connectivity index (χ0) is 87.5. The van der Waals surface area contributed by atoms with E-state index in [0.717, 1.165) is 167 Å². The molecule has 1 unspecified atom stereocenters. The summed E-state index contributed by atoms with van der Waals surface area (Å²) in [6.07, 6.45) is 13.5. The van der Waals surface area contributed by atoms with Crippen molar-refractivity contribution < 1.29 is 0 Å². The van der Waals surface area contributed by atoms with Crippen LogP contribution in [0.2, 0.25) is 0 Å². The Morgan fingerprint density at radius 2 is 0.531 bits per heavy atom. The fourth-order valence-electron chi connectivity index (χ4n) is 14.4. The molecule has 0 aliphatic rings. The molecule has 128 heavy (non-hydrogen) atoms. The minimum Gasteiger partial charge on any atom is -0.275 e. The van der Waals surface area contributed by atoms with Crippen LogP contribution in [0.1, 0.15) is 42.9 Å². The van der Waals surface area contributed by atoms with E-state index in [4.69, 9.17) is 0 Å². The second kappa shape index (κ2) is 40.5. The molecule has 0 aliphatic heterocycles. The average molecular weight is 1860 g/mol. The zero-order valence-electron chi connectivity index (χ0n) is 70.0. The highest BCUT2D eigenvalue weighted by molar-refractivity contribution is 9.11. The Hall–Kier alpha value is -15.4. The fourth-order valence-corrected chi connectivity index (χ4v) is 15.2. The highest BCUT2D eigenvalue weighted by atomic mass is 79.9. The van der Waals surface area contributed by atoms with Crippen molar-refractivity contribution in [3.8, 4) is 143 Å². The molecule has 0 saturated heterocycles. The van der Waals surface area contributed by atoms with Gasteiger partial charge in [-0.3, -0.25) is 47.8 Å². The van der Waals surface area contributed by atoms with Crippen molar-refractivity contribution in [1.82, 2.24) is 98.7 Å². The summed E-state index contributed by atoms with van der Waals surface area (Å²) in [6, 6.07) is 120. The first kappa shape index (κ1) is 84.8. The van der Waals surface area contributed by atoms with Gasteiger partial charge in [0.25, 0.3) is 0 Å². The molecule has 0 N–H and O–H groups in total. The van der Waals surface area contributed by atoms with E-state index in [1.807, 2.05) is 258 Å². The molecule has 23 heteroatoms. The fraction of sp³-hybridized carbons (Fsp3) is 0.0571. The first-order valence-corrected chi connectivity index (χ1v) is 43.8. The maximum absolute atomic E-state index is 4.64. The van der Waals surface area contributed by atoms with Gasteiger partial charge in [-0.25, -0.2) is 0 Å². The van der Waals surface area contributed by atoms with E-state index in [1.54, 1.807) is 37.2 Å². The van der Waals surface area contributed by atoms with Crippen LogP contribution >= 0.6 is 47.8 Å². The van der Waals surface area contributed by atoms with Crippen LogP contribution in [0.15, 0.2) is 415 Å². The Morgan fingerprint density at radius 1 is 0.242 bits per heavy atom. The van der Waals surface area contributed by atoms with Crippen molar-refractivity contribution in [2.75, 3.05) is 0 Å². The van der Waals surface area contributed by atoms with Crippen molar-refractivity contribution in [2.45, 2.75) is 40.0 Å². The monoisotopic (exact) mass is 1860 g/mol. The summed E-state index contributed by atoms with van der Waals surface area (Å²) in [4.78, 5) is 21.7. The third-order valence-corrected chi connectivity index (χ3v) is 22.8. The number of fused-ring (bicyclic) bond motifs is 1. The van der Waals surface area contributed by atoms with Crippen LogP contribution in [-0.2, 0) is 0 Å². The summed E-state index contributed by atoms with van der Waals surface area (Å²) in [5.41, 5.74) is 19.4. The van der Waals surface area contributed by atoms with Gasteiger partial charge in [0.15, 0.2) is 58.2 Å². The van der Waals surface area contributed by atoms with Gasteiger partial charge in [0.1, 0.15) is 11.4 Å². The molecule has 20 nitrogen and oxygen atoms in total. The number of pyridine rings is 5. The van der Waals surface area contributed by atoms with Gasteiger partial charge in [-0.2, -0.15) is 0 Å². The molecule has 0 spiro atoms. The minimum atomic E-state index is 0.550. The Labute approximate surface area is 765 Å². The highest BCUT2D eigenvalue weighted by Gasteiger charge is 2.25. The molecule has 0 amide bonds. The molecule has 0 saturated carbocycles. The van der Waals surface area contributed by atoms with Crippen LogP contribution in [0.4, 0.5) is 0 Å². The van der Waals surface area contributed by atoms with E-state index in [-0.39, 0.29) is 0 Å². The van der Waals surface area contributed by atoms with E-state index in [1.165, 1.54) is 16.7 Å². The van der Waals surface area contributed by atoms with Crippen molar-refractivity contribution in [3.63, 3.8) is 0 Å². The molecule has 10 heterocycles. The smallest absolute Gasteiger partial charge is 0.187 e. The van der Waals surface area contributed by atoms with Crippen molar-refractivity contribution in [2.24, 2.45) is 0 Å². The topological polar surface area (TPSA) is 218 Å². The first-order chi connectivity index (χ1) is 63.0. The van der Waals surface area contributed by atoms with Gasteiger partial charge in [-0.1, -0.05) is 309 Å². The van der Waals surface area contributed by atoms with Crippen molar-refractivity contribution in [3.05, 3.63) is 431 Å². The van der Waals surface area contributed by atoms with Gasteiger partial charge < -0.3 is 0 Å². The Morgan fingerprint density at radius 3 is 0.883 bits per heavy atom. The minimum absolute atomic E-state index is 0.550. The van der Waals surface area contributed by atoms with Gasteiger partial charge in [-0.15, -0.1) is 51.0 Å². The largest absolute Gasteiger partial charge is 0.275 e. The predicted octanol–water partition coefficient (Wildman–Crippen LogP) is 25.6. The van der Waals surface area contributed by atoms with Gasteiger partial charge >= 0.3 is 0 Å². The number of aromatic nitrogens is 20. The highest BCUT2D eigenvalue weighted by Crippen LogP contribution is 2.37. The number of rotatable bonds is 17. The molecule has 0 fully saturated rings.